The molecule has 0 radical (unpaired) electrons. The summed E-state index contributed by atoms with van der Waals surface area (Å²) in [4.78, 5) is 2.07. The van der Waals surface area contributed by atoms with Crippen molar-refractivity contribution in [2.24, 2.45) is 0 Å². The SMILES string of the molecule is [N-]=[N+]=C1C=C(Cl)C(S(=O)(=O)O)=CC1O. The molecule has 76 valence electrons. The molecule has 0 saturated carbocycles. The third-order valence-corrected chi connectivity index (χ3v) is 2.85. The van der Waals surface area contributed by atoms with Crippen molar-refractivity contribution < 1.29 is 22.9 Å². The summed E-state index contributed by atoms with van der Waals surface area (Å²) in [5, 5.41) is 8.85. The maximum atomic E-state index is 10.7. The van der Waals surface area contributed by atoms with Gasteiger partial charge in [-0.3, -0.25) is 4.55 Å². The summed E-state index contributed by atoms with van der Waals surface area (Å²) in [6.07, 6.45) is 0.293. The van der Waals surface area contributed by atoms with Crippen LogP contribution in [0.3, 0.4) is 0 Å². The minimum Gasteiger partial charge on any atom is -0.377 e. The van der Waals surface area contributed by atoms with Crippen LogP contribution >= 0.6 is 11.6 Å². The van der Waals surface area contributed by atoms with Crippen LogP contribution in [0, 0.1) is 0 Å². The van der Waals surface area contributed by atoms with Crippen LogP contribution in [-0.2, 0) is 10.1 Å². The third-order valence-electron chi connectivity index (χ3n) is 1.52. The highest BCUT2D eigenvalue weighted by atomic mass is 35.5. The molecule has 0 aromatic rings. The molecule has 1 atom stereocenters. The lowest BCUT2D eigenvalue weighted by atomic mass is 10.1. The average Bonchev–Trinajstić information content (AvgIpc) is 2.06. The molecule has 2 N–H and O–H groups in total. The molecular weight excluding hydrogens is 232 g/mol. The molecule has 0 heterocycles. The molecule has 0 aromatic carbocycles. The Morgan fingerprint density at radius 1 is 1.57 bits per heavy atom. The van der Waals surface area contributed by atoms with Gasteiger partial charge < -0.3 is 10.6 Å². The van der Waals surface area contributed by atoms with E-state index in [1.54, 1.807) is 0 Å². The van der Waals surface area contributed by atoms with Crippen LogP contribution in [0.4, 0.5) is 0 Å². The lowest BCUT2D eigenvalue weighted by Gasteiger charge is -2.08. The normalized spacial score (nSPS) is 22.5. The van der Waals surface area contributed by atoms with Crippen LogP contribution in [0.15, 0.2) is 22.1 Å². The van der Waals surface area contributed by atoms with E-state index in [0.29, 0.717) is 0 Å². The van der Waals surface area contributed by atoms with E-state index < -0.39 is 21.1 Å². The Morgan fingerprint density at radius 2 is 2.14 bits per heavy atom. The topological polar surface area (TPSA) is 111 Å². The first-order chi connectivity index (χ1) is 6.36. The fraction of sp³-hybridized carbons (Fsp3) is 0.167. The van der Waals surface area contributed by atoms with Crippen molar-refractivity contribution in [3.63, 3.8) is 0 Å². The number of aliphatic hydroxyl groups excluding tert-OH is 1. The van der Waals surface area contributed by atoms with Crippen LogP contribution in [-0.4, -0.2) is 34.7 Å². The highest BCUT2D eigenvalue weighted by Gasteiger charge is 2.29. The van der Waals surface area contributed by atoms with Crippen molar-refractivity contribution in [1.29, 1.82) is 0 Å². The number of hydrogen-bond acceptors (Lipinski definition) is 3. The molecule has 0 amide bonds. The number of hydrogen-bond donors (Lipinski definition) is 2. The highest BCUT2D eigenvalue weighted by Crippen LogP contribution is 2.24. The fourth-order valence-corrected chi connectivity index (χ4v) is 1.97. The zero-order valence-corrected chi connectivity index (χ0v) is 8.20. The van der Waals surface area contributed by atoms with E-state index >= 15 is 0 Å². The van der Waals surface area contributed by atoms with E-state index in [1.165, 1.54) is 0 Å². The van der Waals surface area contributed by atoms with Crippen molar-refractivity contribution >= 4 is 27.4 Å². The van der Waals surface area contributed by atoms with Crippen molar-refractivity contribution in [3.05, 3.63) is 27.6 Å². The van der Waals surface area contributed by atoms with Crippen LogP contribution in [0.2, 0.25) is 0 Å². The smallest absolute Gasteiger partial charge is 0.325 e. The molecule has 1 unspecified atom stereocenters. The Labute approximate surface area is 84.5 Å². The molecule has 0 fully saturated rings. The quantitative estimate of drug-likeness (QED) is 0.377. The maximum Gasteiger partial charge on any atom is 0.325 e. The Balaban J connectivity index is 3.30. The van der Waals surface area contributed by atoms with E-state index in [1.807, 2.05) is 0 Å². The van der Waals surface area contributed by atoms with Crippen LogP contribution in [0.5, 0.6) is 0 Å². The first-order valence-electron chi connectivity index (χ1n) is 3.33. The summed E-state index contributed by atoms with van der Waals surface area (Å²) in [7, 11) is -4.48. The number of aliphatic hydroxyl groups is 1. The zero-order valence-electron chi connectivity index (χ0n) is 6.62. The van der Waals surface area contributed by atoms with Crippen LogP contribution in [0.25, 0.3) is 5.53 Å². The number of nitrogens with zero attached hydrogens (tertiary/aromatic N) is 2. The summed E-state index contributed by atoms with van der Waals surface area (Å²) in [6, 6.07) is 0. The summed E-state index contributed by atoms with van der Waals surface area (Å²) >= 11 is 5.46. The number of rotatable bonds is 1. The molecule has 8 heteroatoms. The summed E-state index contributed by atoms with van der Waals surface area (Å²) in [6.45, 7) is 0. The van der Waals surface area contributed by atoms with Gasteiger partial charge in [0.25, 0.3) is 10.1 Å². The van der Waals surface area contributed by atoms with Gasteiger partial charge in [0.15, 0.2) is 6.10 Å². The summed E-state index contributed by atoms with van der Waals surface area (Å²) in [5.74, 6) is 0. The van der Waals surface area contributed by atoms with E-state index in [9.17, 15) is 13.5 Å². The van der Waals surface area contributed by atoms with Gasteiger partial charge >= 0.3 is 5.71 Å². The fourth-order valence-electron chi connectivity index (χ4n) is 0.892. The third kappa shape index (κ3) is 2.09. The highest BCUT2D eigenvalue weighted by molar-refractivity contribution is 7.90. The number of allylic oxidation sites excluding steroid dienone is 1. The minimum atomic E-state index is -4.48. The van der Waals surface area contributed by atoms with Gasteiger partial charge in [0.1, 0.15) is 4.91 Å². The van der Waals surface area contributed by atoms with Gasteiger partial charge in [0, 0.05) is 6.08 Å². The number of halogens is 1. The van der Waals surface area contributed by atoms with Gasteiger partial charge in [-0.1, -0.05) is 11.6 Å². The Morgan fingerprint density at radius 3 is 2.57 bits per heavy atom. The molecule has 14 heavy (non-hydrogen) atoms. The van der Waals surface area contributed by atoms with E-state index in [-0.39, 0.29) is 10.7 Å². The van der Waals surface area contributed by atoms with Crippen LogP contribution < -0.4 is 0 Å². The Kier molecular flexibility index (Phi) is 2.89. The second-order valence-electron chi connectivity index (χ2n) is 2.47. The van der Waals surface area contributed by atoms with Gasteiger partial charge in [-0.2, -0.15) is 13.2 Å². The second-order valence-corrected chi connectivity index (χ2v) is 4.27. The lowest BCUT2D eigenvalue weighted by molar-refractivity contribution is -0.0151. The van der Waals surface area contributed by atoms with E-state index in [2.05, 4.69) is 4.79 Å². The van der Waals surface area contributed by atoms with E-state index in [0.717, 1.165) is 12.2 Å². The maximum absolute atomic E-state index is 10.7. The molecular formula is C6H5ClN2O4S. The molecule has 0 spiro atoms. The minimum absolute atomic E-state index is 0.206. The Bertz CT molecular complexity index is 472. The van der Waals surface area contributed by atoms with Crippen molar-refractivity contribution in [3.8, 4) is 0 Å². The molecule has 0 aliphatic heterocycles. The van der Waals surface area contributed by atoms with Crippen molar-refractivity contribution in [2.45, 2.75) is 6.10 Å². The second kappa shape index (κ2) is 3.64. The predicted molar refractivity (Wildman–Crippen MR) is 48.2 cm³/mol. The van der Waals surface area contributed by atoms with Gasteiger partial charge in [0.2, 0.25) is 0 Å². The van der Waals surface area contributed by atoms with Crippen LogP contribution in [0.1, 0.15) is 0 Å². The standard InChI is InChI=1S/C6H5ClN2O4S/c7-3-1-4(9-8)5(10)2-6(3)14(11,12)13/h1-2,5,10H,(H,11,12,13). The molecule has 0 aromatic heterocycles. The summed E-state index contributed by atoms with van der Waals surface area (Å²) < 4.78 is 30.0. The monoisotopic (exact) mass is 236 g/mol. The van der Waals surface area contributed by atoms with Crippen molar-refractivity contribution in [2.75, 3.05) is 0 Å². The average molecular weight is 237 g/mol. The van der Waals surface area contributed by atoms with Gasteiger partial charge in [-0.25, -0.2) is 0 Å². The molecule has 0 bridgehead atoms. The summed E-state index contributed by atoms with van der Waals surface area (Å²) in [5.41, 5.74) is 8.15. The predicted octanol–water partition coefficient (Wildman–Crippen LogP) is -0.0739. The molecule has 6 nitrogen and oxygen atoms in total. The molecule has 0 saturated heterocycles. The lowest BCUT2D eigenvalue weighted by Crippen LogP contribution is -2.23. The van der Waals surface area contributed by atoms with Crippen molar-refractivity contribution in [1.82, 2.24) is 0 Å². The molecule has 1 aliphatic rings. The first kappa shape index (κ1) is 11.1. The van der Waals surface area contributed by atoms with Gasteiger partial charge in [0.05, 0.1) is 5.03 Å². The van der Waals surface area contributed by atoms with E-state index in [4.69, 9.17) is 21.7 Å². The largest absolute Gasteiger partial charge is 0.377 e. The first-order valence-corrected chi connectivity index (χ1v) is 5.15. The molecule has 1 aliphatic carbocycles. The molecule has 1 rings (SSSR count). The van der Waals surface area contributed by atoms with Gasteiger partial charge in [-0.15, -0.1) is 0 Å². The van der Waals surface area contributed by atoms with Gasteiger partial charge in [-0.05, 0) is 6.08 Å². The zero-order chi connectivity index (χ0) is 10.9. The Hall–Kier alpha value is -0.980.